The Kier molecular flexibility index (Phi) is 14.4. The lowest BCUT2D eigenvalue weighted by Crippen LogP contribution is -2.22. The van der Waals surface area contributed by atoms with Gasteiger partial charge in [0.1, 0.15) is 0 Å². The second-order valence-corrected chi connectivity index (χ2v) is 7.83. The zero-order valence-corrected chi connectivity index (χ0v) is 20.7. The van der Waals surface area contributed by atoms with Gasteiger partial charge in [0.05, 0.1) is 72.2 Å². The highest BCUT2D eigenvalue weighted by atomic mass is 16.6. The molecule has 0 saturated carbocycles. The van der Waals surface area contributed by atoms with Crippen LogP contribution < -0.4 is 5.56 Å². The molecule has 0 bridgehead atoms. The van der Waals surface area contributed by atoms with Crippen molar-refractivity contribution in [3.8, 4) is 5.69 Å². The molecule has 2 aromatic rings. The van der Waals surface area contributed by atoms with Crippen LogP contribution in [0.15, 0.2) is 47.4 Å². The van der Waals surface area contributed by atoms with Crippen LogP contribution in [-0.2, 0) is 35.0 Å². The van der Waals surface area contributed by atoms with Crippen molar-refractivity contribution in [2.75, 3.05) is 66.6 Å². The van der Waals surface area contributed by atoms with E-state index in [1.807, 2.05) is 43.5 Å². The Bertz CT molecular complexity index is 838. The average molecular weight is 478 g/mol. The van der Waals surface area contributed by atoms with E-state index < -0.39 is 0 Å². The zero-order chi connectivity index (χ0) is 24.4. The van der Waals surface area contributed by atoms with Gasteiger partial charge in [0, 0.05) is 25.1 Å². The maximum Gasteiger partial charge on any atom is 0.255 e. The normalized spacial score (nSPS) is 12.2. The van der Waals surface area contributed by atoms with Crippen molar-refractivity contribution in [2.45, 2.75) is 33.0 Å². The van der Waals surface area contributed by atoms with Gasteiger partial charge in [0.25, 0.3) is 5.56 Å². The van der Waals surface area contributed by atoms with Gasteiger partial charge in [0.2, 0.25) is 0 Å². The quantitative estimate of drug-likeness (QED) is 0.288. The molecule has 1 aromatic heterocycles. The van der Waals surface area contributed by atoms with Gasteiger partial charge >= 0.3 is 0 Å². The molecule has 0 spiro atoms. The van der Waals surface area contributed by atoms with Crippen molar-refractivity contribution in [2.24, 2.45) is 0 Å². The molecule has 1 atom stereocenters. The van der Waals surface area contributed by atoms with E-state index in [9.17, 15) is 4.79 Å². The summed E-state index contributed by atoms with van der Waals surface area (Å²) < 4.78 is 34.6. The summed E-state index contributed by atoms with van der Waals surface area (Å²) in [6.45, 7) is 9.38. The molecular weight excluding hydrogens is 438 g/mol. The molecule has 0 aliphatic rings. The molecule has 0 aliphatic heterocycles. The van der Waals surface area contributed by atoms with Crippen molar-refractivity contribution >= 4 is 0 Å². The summed E-state index contributed by atoms with van der Waals surface area (Å²) in [6, 6.07) is 11.2. The van der Waals surface area contributed by atoms with Crippen molar-refractivity contribution in [3.05, 3.63) is 64.1 Å². The first-order valence-electron chi connectivity index (χ1n) is 11.8. The molecule has 0 radical (unpaired) electrons. The fourth-order valence-electron chi connectivity index (χ4n) is 3.09. The summed E-state index contributed by atoms with van der Waals surface area (Å²) in [5.74, 6) is 0. The lowest BCUT2D eigenvalue weighted by atomic mass is 10.2. The summed E-state index contributed by atoms with van der Waals surface area (Å²) in [7, 11) is 1.66. The maximum atomic E-state index is 12.0. The van der Waals surface area contributed by atoms with E-state index in [2.05, 4.69) is 6.92 Å². The van der Waals surface area contributed by atoms with Crippen LogP contribution in [0.1, 0.15) is 24.5 Å². The number of ether oxygens (including phenoxy) is 6. The van der Waals surface area contributed by atoms with Crippen molar-refractivity contribution in [1.82, 2.24) is 4.57 Å². The van der Waals surface area contributed by atoms with Gasteiger partial charge in [-0.2, -0.15) is 0 Å². The molecule has 1 aromatic carbocycles. The molecule has 2 rings (SSSR count). The molecule has 0 fully saturated rings. The summed E-state index contributed by atoms with van der Waals surface area (Å²) in [6.07, 6.45) is 2.81. The van der Waals surface area contributed by atoms with Crippen LogP contribution >= 0.6 is 0 Å². The fraction of sp³-hybridized carbons (Fsp3) is 0.577. The first kappa shape index (κ1) is 28.2. The molecule has 1 unspecified atom stereocenters. The Morgan fingerprint density at radius 2 is 1.44 bits per heavy atom. The minimum Gasteiger partial charge on any atom is -0.382 e. The van der Waals surface area contributed by atoms with E-state index in [0.29, 0.717) is 66.1 Å². The predicted octanol–water partition coefficient (Wildman–Crippen LogP) is 3.15. The summed E-state index contributed by atoms with van der Waals surface area (Å²) in [5, 5.41) is 0. The first-order chi connectivity index (χ1) is 16.6. The predicted molar refractivity (Wildman–Crippen MR) is 131 cm³/mol. The molecule has 0 saturated heterocycles. The Hall–Kier alpha value is -2.07. The average Bonchev–Trinajstić information content (AvgIpc) is 2.85. The topological polar surface area (TPSA) is 77.4 Å². The largest absolute Gasteiger partial charge is 0.382 e. The highest BCUT2D eigenvalue weighted by Crippen LogP contribution is 2.10. The number of hydrogen-bond acceptors (Lipinski definition) is 7. The van der Waals surface area contributed by atoms with Crippen molar-refractivity contribution in [1.29, 1.82) is 0 Å². The third kappa shape index (κ3) is 11.4. The van der Waals surface area contributed by atoms with E-state index in [0.717, 1.165) is 23.2 Å². The molecule has 34 heavy (non-hydrogen) atoms. The van der Waals surface area contributed by atoms with Crippen LogP contribution in [0.4, 0.5) is 0 Å². The number of benzene rings is 1. The Morgan fingerprint density at radius 3 is 2.12 bits per heavy atom. The number of hydrogen-bond donors (Lipinski definition) is 0. The molecule has 0 amide bonds. The van der Waals surface area contributed by atoms with E-state index >= 15 is 0 Å². The highest BCUT2D eigenvalue weighted by Gasteiger charge is 2.06. The smallest absolute Gasteiger partial charge is 0.255 e. The van der Waals surface area contributed by atoms with Gasteiger partial charge in [-0.3, -0.25) is 9.36 Å². The maximum absolute atomic E-state index is 12.0. The summed E-state index contributed by atoms with van der Waals surface area (Å²) in [4.78, 5) is 12.0. The number of aryl methyl sites for hydroxylation is 1. The van der Waals surface area contributed by atoms with Gasteiger partial charge in [-0.1, -0.05) is 25.1 Å². The molecule has 1 heterocycles. The number of nitrogens with zero attached hydrogens (tertiary/aromatic N) is 1. The Labute approximate surface area is 202 Å². The van der Waals surface area contributed by atoms with Crippen LogP contribution in [0.3, 0.4) is 0 Å². The van der Waals surface area contributed by atoms with Crippen LogP contribution in [0.2, 0.25) is 0 Å². The third-order valence-electron chi connectivity index (χ3n) is 5.06. The highest BCUT2D eigenvalue weighted by molar-refractivity contribution is 5.35. The van der Waals surface area contributed by atoms with Crippen LogP contribution in [-0.4, -0.2) is 77.2 Å². The van der Waals surface area contributed by atoms with Gasteiger partial charge in [-0.25, -0.2) is 0 Å². The summed E-state index contributed by atoms with van der Waals surface area (Å²) >= 11 is 0. The third-order valence-corrected chi connectivity index (χ3v) is 5.06. The SMILES string of the molecule is CCC(COCCOC)OCCOCCOCCOCc1ccc(-n2cc(C)ccc2=O)cc1. The molecule has 8 heteroatoms. The summed E-state index contributed by atoms with van der Waals surface area (Å²) in [5.41, 5.74) is 2.88. The number of methoxy groups -OCH3 is 1. The minimum absolute atomic E-state index is 0.0447. The van der Waals surface area contributed by atoms with E-state index in [1.54, 1.807) is 17.7 Å². The van der Waals surface area contributed by atoms with Gasteiger partial charge in [-0.15, -0.1) is 0 Å². The van der Waals surface area contributed by atoms with Gasteiger partial charge < -0.3 is 28.4 Å². The second kappa shape index (κ2) is 17.4. The van der Waals surface area contributed by atoms with E-state index in [4.69, 9.17) is 28.4 Å². The number of aromatic nitrogens is 1. The Balaban J connectivity index is 1.47. The number of pyridine rings is 1. The first-order valence-corrected chi connectivity index (χ1v) is 11.8. The molecule has 8 nitrogen and oxygen atoms in total. The fourth-order valence-corrected chi connectivity index (χ4v) is 3.09. The number of rotatable bonds is 19. The molecular formula is C26H39NO7. The minimum atomic E-state index is -0.0447. The zero-order valence-electron chi connectivity index (χ0n) is 20.7. The van der Waals surface area contributed by atoms with E-state index in [1.165, 1.54) is 0 Å². The van der Waals surface area contributed by atoms with E-state index in [-0.39, 0.29) is 11.7 Å². The molecule has 190 valence electrons. The lowest BCUT2D eigenvalue weighted by molar-refractivity contribution is -0.0520. The van der Waals surface area contributed by atoms with Crippen LogP contribution in [0, 0.1) is 6.92 Å². The molecule has 0 N–H and O–H groups in total. The van der Waals surface area contributed by atoms with Crippen molar-refractivity contribution < 1.29 is 28.4 Å². The van der Waals surface area contributed by atoms with Crippen molar-refractivity contribution in [3.63, 3.8) is 0 Å². The standard InChI is InChI=1S/C26H39NO7/c1-4-25(21-33-12-11-29-3)34-18-17-31-14-13-30-15-16-32-20-23-6-8-24(9-7-23)27-19-22(2)5-10-26(27)28/h5-10,19,25H,4,11-18,20-21H2,1-3H3. The lowest BCUT2D eigenvalue weighted by Gasteiger charge is -2.16. The monoisotopic (exact) mass is 477 g/mol. The molecule has 0 aliphatic carbocycles. The van der Waals surface area contributed by atoms with Crippen LogP contribution in [0.5, 0.6) is 0 Å². The van der Waals surface area contributed by atoms with Gasteiger partial charge in [-0.05, 0) is 36.6 Å². The van der Waals surface area contributed by atoms with Gasteiger partial charge in [0.15, 0.2) is 0 Å². The van der Waals surface area contributed by atoms with Crippen LogP contribution in [0.25, 0.3) is 5.69 Å². The Morgan fingerprint density at radius 1 is 0.794 bits per heavy atom. The second-order valence-electron chi connectivity index (χ2n) is 7.83.